The Hall–Kier alpha value is -5.90. The van der Waals surface area contributed by atoms with Crippen LogP contribution >= 0.6 is 11.6 Å². The van der Waals surface area contributed by atoms with E-state index in [9.17, 15) is 0 Å². The second-order valence-corrected chi connectivity index (χ2v) is 13.0. The molecule has 6 rings (SSSR count). The Morgan fingerprint density at radius 2 is 1.13 bits per heavy atom. The molecule has 0 amide bonds. The Labute approximate surface area is 327 Å². The van der Waals surface area contributed by atoms with E-state index in [1.807, 2.05) is 56.3 Å². The van der Waals surface area contributed by atoms with Crippen molar-refractivity contribution < 1.29 is 0 Å². The van der Waals surface area contributed by atoms with Crippen LogP contribution in [0.3, 0.4) is 0 Å². The highest BCUT2D eigenvalue weighted by atomic mass is 35.5. The van der Waals surface area contributed by atoms with Crippen LogP contribution in [0.4, 0.5) is 0 Å². The number of allylic oxidation sites excluding steroid dienone is 3. The molecule has 4 heteroatoms. The molecule has 1 unspecified atom stereocenters. The smallest absolute Gasteiger partial charge is 0.154 e. The molecule has 0 N–H and O–H groups in total. The second kappa shape index (κ2) is 22.2. The first kappa shape index (κ1) is 40.9. The zero-order chi connectivity index (χ0) is 38.5. The first-order chi connectivity index (χ1) is 26.4. The van der Waals surface area contributed by atoms with Gasteiger partial charge in [-0.25, -0.2) is 4.99 Å². The normalized spacial score (nSPS) is 11.8. The van der Waals surface area contributed by atoms with Crippen molar-refractivity contribution in [3.05, 3.63) is 198 Å². The summed E-state index contributed by atoms with van der Waals surface area (Å²) in [6, 6.07) is 53.9. The topological polar surface area (TPSA) is 37.1 Å². The Kier molecular flexibility index (Phi) is 16.8. The summed E-state index contributed by atoms with van der Waals surface area (Å²) < 4.78 is 0. The van der Waals surface area contributed by atoms with Gasteiger partial charge in [-0.15, -0.1) is 0 Å². The lowest BCUT2D eigenvalue weighted by atomic mass is 9.98. The maximum Gasteiger partial charge on any atom is 0.154 e. The monoisotopic (exact) mass is 727 g/mol. The first-order valence-electron chi connectivity index (χ1n) is 18.4. The van der Waals surface area contributed by atoms with Crippen LogP contribution in [-0.4, -0.2) is 25.8 Å². The third-order valence-electron chi connectivity index (χ3n) is 8.50. The number of aliphatic imine (C=N–C) groups is 3. The summed E-state index contributed by atoms with van der Waals surface area (Å²) >= 11 is 6.21. The molecule has 0 aliphatic rings. The van der Waals surface area contributed by atoms with Crippen LogP contribution in [-0.2, 0) is 6.54 Å². The quantitative estimate of drug-likeness (QED) is 0.0724. The maximum absolute atomic E-state index is 6.21. The summed E-state index contributed by atoms with van der Waals surface area (Å²) in [5.74, 6) is 1.09. The molecular weight excluding hydrogens is 678 g/mol. The highest BCUT2D eigenvalue weighted by Crippen LogP contribution is 2.29. The summed E-state index contributed by atoms with van der Waals surface area (Å²) in [5.41, 5.74) is 11.4. The third-order valence-corrected chi connectivity index (χ3v) is 8.74. The molecule has 54 heavy (non-hydrogen) atoms. The molecule has 0 bridgehead atoms. The van der Waals surface area contributed by atoms with E-state index in [1.54, 1.807) is 0 Å². The molecule has 0 heterocycles. The van der Waals surface area contributed by atoms with Crippen molar-refractivity contribution in [2.45, 2.75) is 34.2 Å². The SMILES string of the molecule is C=NC(=NCc1cccc(-c2ccccc2)c1)c1cccc(-c2cccc(-c3cccc(Cl)c3)c2)c1.C=NCC(C)/C=C\C=C(/C)c1ccccc1.CC. The minimum Gasteiger partial charge on any atom is -0.300 e. The van der Waals surface area contributed by atoms with Crippen molar-refractivity contribution in [3.63, 3.8) is 0 Å². The largest absolute Gasteiger partial charge is 0.300 e. The predicted molar refractivity (Wildman–Crippen MR) is 238 cm³/mol. The molecule has 0 fully saturated rings. The number of benzene rings is 6. The lowest BCUT2D eigenvalue weighted by Crippen LogP contribution is -1.98. The van der Waals surface area contributed by atoms with Crippen molar-refractivity contribution in [2.75, 3.05) is 6.54 Å². The molecule has 0 saturated carbocycles. The zero-order valence-corrected chi connectivity index (χ0v) is 32.6. The van der Waals surface area contributed by atoms with Crippen LogP contribution in [0, 0.1) is 5.92 Å². The molecule has 0 aliphatic heterocycles. The van der Waals surface area contributed by atoms with Gasteiger partial charge in [0.1, 0.15) is 0 Å². The first-order valence-corrected chi connectivity index (χ1v) is 18.8. The minimum atomic E-state index is 0.456. The number of hydrogen-bond donors (Lipinski definition) is 0. The Bertz CT molecular complexity index is 2160. The minimum absolute atomic E-state index is 0.456. The fourth-order valence-corrected chi connectivity index (χ4v) is 5.90. The van der Waals surface area contributed by atoms with E-state index in [4.69, 9.17) is 16.6 Å². The van der Waals surface area contributed by atoms with E-state index in [0.717, 1.165) is 44.9 Å². The fraction of sp³-hybridized carbons (Fsp3) is 0.140. The Morgan fingerprint density at radius 1 is 0.611 bits per heavy atom. The number of amidine groups is 1. The number of rotatable bonds is 11. The van der Waals surface area contributed by atoms with Gasteiger partial charge in [-0.1, -0.05) is 178 Å². The molecule has 0 radical (unpaired) electrons. The van der Waals surface area contributed by atoms with Crippen LogP contribution < -0.4 is 0 Å². The fourth-order valence-electron chi connectivity index (χ4n) is 5.71. The summed E-state index contributed by atoms with van der Waals surface area (Å²) in [6.45, 7) is 16.9. The number of nitrogens with zero attached hydrogens (tertiary/aromatic N) is 3. The van der Waals surface area contributed by atoms with Gasteiger partial charge in [0.05, 0.1) is 6.54 Å². The predicted octanol–water partition coefficient (Wildman–Crippen LogP) is 14.0. The van der Waals surface area contributed by atoms with Gasteiger partial charge < -0.3 is 4.99 Å². The van der Waals surface area contributed by atoms with Crippen LogP contribution in [0.15, 0.2) is 191 Å². The van der Waals surface area contributed by atoms with Crippen molar-refractivity contribution in [1.29, 1.82) is 0 Å². The number of hydrogen-bond acceptors (Lipinski definition) is 2. The molecule has 1 atom stereocenters. The molecule has 272 valence electrons. The lowest BCUT2D eigenvalue weighted by molar-refractivity contribution is 0.745. The van der Waals surface area contributed by atoms with E-state index < -0.39 is 0 Å². The van der Waals surface area contributed by atoms with Crippen molar-refractivity contribution in [2.24, 2.45) is 20.9 Å². The van der Waals surface area contributed by atoms with Gasteiger partial charge in [0.15, 0.2) is 5.84 Å². The van der Waals surface area contributed by atoms with Gasteiger partial charge in [0.2, 0.25) is 0 Å². The number of halogens is 1. The summed E-state index contributed by atoms with van der Waals surface area (Å²) in [5, 5.41) is 0.729. The lowest BCUT2D eigenvalue weighted by Gasteiger charge is -2.09. The molecule has 0 aromatic heterocycles. The third kappa shape index (κ3) is 12.6. The molecule has 0 saturated heterocycles. The summed E-state index contributed by atoms with van der Waals surface area (Å²) in [7, 11) is 0. The van der Waals surface area contributed by atoms with Crippen LogP contribution in [0.5, 0.6) is 0 Å². The van der Waals surface area contributed by atoms with E-state index in [0.29, 0.717) is 18.3 Å². The van der Waals surface area contributed by atoms with Gasteiger partial charge >= 0.3 is 0 Å². The highest BCUT2D eigenvalue weighted by molar-refractivity contribution is 6.30. The zero-order valence-electron chi connectivity index (χ0n) is 31.9. The van der Waals surface area contributed by atoms with E-state index >= 15 is 0 Å². The van der Waals surface area contributed by atoms with Crippen molar-refractivity contribution in [1.82, 2.24) is 0 Å². The molecule has 6 aromatic rings. The Morgan fingerprint density at radius 3 is 1.76 bits per heavy atom. The van der Waals surface area contributed by atoms with Crippen LogP contribution in [0.2, 0.25) is 5.02 Å². The average Bonchev–Trinajstić information content (AvgIpc) is 3.23. The van der Waals surface area contributed by atoms with Gasteiger partial charge in [0, 0.05) is 17.1 Å². The molecule has 3 nitrogen and oxygen atoms in total. The van der Waals surface area contributed by atoms with Gasteiger partial charge in [-0.2, -0.15) is 0 Å². The second-order valence-electron chi connectivity index (χ2n) is 12.5. The van der Waals surface area contributed by atoms with E-state index in [2.05, 4.69) is 171 Å². The molecule has 0 spiro atoms. The molecule has 6 aromatic carbocycles. The van der Waals surface area contributed by atoms with Gasteiger partial charge in [0.25, 0.3) is 0 Å². The van der Waals surface area contributed by atoms with Crippen molar-refractivity contribution >= 4 is 36.4 Å². The Balaban J connectivity index is 0.000000304. The molecular formula is C50H50ClN3. The van der Waals surface area contributed by atoms with Gasteiger partial charge in [-0.05, 0) is 107 Å². The highest BCUT2D eigenvalue weighted by Gasteiger charge is 2.07. The van der Waals surface area contributed by atoms with E-state index in [-0.39, 0.29) is 0 Å². The average molecular weight is 728 g/mol. The van der Waals surface area contributed by atoms with Crippen LogP contribution in [0.25, 0.3) is 39.0 Å². The van der Waals surface area contributed by atoms with Crippen LogP contribution in [0.1, 0.15) is 44.4 Å². The summed E-state index contributed by atoms with van der Waals surface area (Å²) in [6.07, 6.45) is 6.38. The van der Waals surface area contributed by atoms with E-state index in [1.165, 1.54) is 22.3 Å². The standard InChI is InChI=1S/C33H25ClN2.C15H19N.C2H6/c1-35-33(36-23-24-9-5-12-26(19-24)25-10-3-2-4-11-25)31-17-7-15-29(21-31)27-13-6-14-28(20-27)30-16-8-18-32(34)22-30;1-13(12-16-3)8-7-9-14(2)15-10-5-4-6-11-15;1-2/h2-22H,1,23H2;4-11,13H,3,12H2,1-2H3;1-2H3/b;8-7-,14-9+;. The summed E-state index contributed by atoms with van der Waals surface area (Å²) in [4.78, 5) is 12.9. The maximum atomic E-state index is 6.21. The van der Waals surface area contributed by atoms with Crippen molar-refractivity contribution in [3.8, 4) is 33.4 Å². The van der Waals surface area contributed by atoms with Gasteiger partial charge in [-0.3, -0.25) is 4.99 Å². The molecule has 0 aliphatic carbocycles.